The summed E-state index contributed by atoms with van der Waals surface area (Å²) in [4.78, 5) is 0. The Morgan fingerprint density at radius 2 is 1.30 bits per heavy atom. The smallest absolute Gasteiger partial charge is 0.206 e. The molecule has 0 saturated carbocycles. The van der Waals surface area contributed by atoms with Crippen molar-refractivity contribution >= 4 is 21.5 Å². The van der Waals surface area contributed by atoms with Gasteiger partial charge in [-0.2, -0.15) is 13.2 Å². The van der Waals surface area contributed by atoms with E-state index in [2.05, 4.69) is 6.92 Å². The van der Waals surface area contributed by atoms with Crippen LogP contribution in [0.3, 0.4) is 0 Å². The first-order chi connectivity index (χ1) is 15.7. The lowest BCUT2D eigenvalue weighted by atomic mass is 9.94. The van der Waals surface area contributed by atoms with Gasteiger partial charge in [-0.1, -0.05) is 56.5 Å². The van der Waals surface area contributed by atoms with Crippen molar-refractivity contribution in [2.75, 3.05) is 0 Å². The third-order valence-corrected chi connectivity index (χ3v) is 6.01. The van der Waals surface area contributed by atoms with E-state index in [9.17, 15) is 22.0 Å². The molecule has 0 unspecified atom stereocenters. The molecule has 0 aromatic heterocycles. The minimum absolute atomic E-state index is 0.190. The summed E-state index contributed by atoms with van der Waals surface area (Å²) in [6.07, 6.45) is -0.180. The van der Waals surface area contributed by atoms with Gasteiger partial charge in [-0.05, 0) is 64.6 Å². The molecule has 0 aliphatic rings. The van der Waals surface area contributed by atoms with E-state index in [1.165, 1.54) is 6.07 Å². The maximum Gasteiger partial charge on any atom is 0.419 e. The third-order valence-electron chi connectivity index (χ3n) is 6.01. The zero-order chi connectivity index (χ0) is 23.8. The Morgan fingerprint density at radius 3 is 2.00 bits per heavy atom. The van der Waals surface area contributed by atoms with Gasteiger partial charge >= 0.3 is 6.18 Å². The number of aryl methyl sites for hydroxylation is 1. The van der Waals surface area contributed by atoms with Crippen molar-refractivity contribution in [2.24, 2.45) is 0 Å². The van der Waals surface area contributed by atoms with Crippen molar-refractivity contribution in [1.82, 2.24) is 0 Å². The lowest BCUT2D eigenvalue weighted by Crippen LogP contribution is -2.07. The molecule has 0 aliphatic heterocycles. The number of fused-ring (bicyclic) bond motifs is 3. The van der Waals surface area contributed by atoms with E-state index in [0.717, 1.165) is 43.9 Å². The maximum atomic E-state index is 15.1. The van der Waals surface area contributed by atoms with E-state index in [4.69, 9.17) is 0 Å². The van der Waals surface area contributed by atoms with E-state index < -0.39 is 29.2 Å². The van der Waals surface area contributed by atoms with Crippen LogP contribution in [0.15, 0.2) is 54.6 Å². The Bertz CT molecular complexity index is 1320. The van der Waals surface area contributed by atoms with Gasteiger partial charge in [0.15, 0.2) is 0 Å². The number of hydrogen-bond donors (Lipinski definition) is 0. The highest BCUT2D eigenvalue weighted by Crippen LogP contribution is 2.36. The largest absolute Gasteiger partial charge is 0.419 e. The lowest BCUT2D eigenvalue weighted by molar-refractivity contribution is -0.139. The lowest BCUT2D eigenvalue weighted by Gasteiger charge is -2.12. The molecule has 0 amide bonds. The van der Waals surface area contributed by atoms with Crippen molar-refractivity contribution in [3.05, 3.63) is 83.2 Å². The summed E-state index contributed by atoms with van der Waals surface area (Å²) >= 11 is 0. The first kappa shape index (κ1) is 23.1. The highest BCUT2D eigenvalue weighted by Gasteiger charge is 2.34. The molecule has 4 aromatic carbocycles. The number of benzene rings is 4. The monoisotopic (exact) mass is 460 g/mol. The molecule has 172 valence electrons. The Balaban J connectivity index is 1.75. The first-order valence-electron chi connectivity index (χ1n) is 10.9. The van der Waals surface area contributed by atoms with Crippen LogP contribution < -0.4 is 0 Å². The summed E-state index contributed by atoms with van der Waals surface area (Å²) in [5, 5.41) is 1.42. The van der Waals surface area contributed by atoms with Crippen LogP contribution in [0.4, 0.5) is 26.3 Å². The van der Waals surface area contributed by atoms with Crippen LogP contribution in [0.25, 0.3) is 32.7 Å². The van der Waals surface area contributed by atoms with Gasteiger partial charge in [-0.15, -0.1) is 0 Å². The average molecular weight is 460 g/mol. The van der Waals surface area contributed by atoms with E-state index >= 15 is 4.39 Å². The van der Waals surface area contributed by atoms with Gasteiger partial charge < -0.3 is 0 Å². The van der Waals surface area contributed by atoms with Crippen LogP contribution >= 0.6 is 0 Å². The normalized spacial score (nSPS) is 12.1. The highest BCUT2D eigenvalue weighted by molar-refractivity contribution is 6.09. The molecule has 0 aliphatic carbocycles. The van der Waals surface area contributed by atoms with Crippen LogP contribution in [0.1, 0.15) is 43.7 Å². The first-order valence-corrected chi connectivity index (χ1v) is 10.9. The van der Waals surface area contributed by atoms with Gasteiger partial charge in [0.05, 0.1) is 5.56 Å². The zero-order valence-corrected chi connectivity index (χ0v) is 18.0. The average Bonchev–Trinajstić information content (AvgIpc) is 2.77. The molecule has 0 heterocycles. The minimum Gasteiger partial charge on any atom is -0.206 e. The molecule has 0 atom stereocenters. The Hall–Kier alpha value is -3.02. The summed E-state index contributed by atoms with van der Waals surface area (Å²) in [6.45, 7) is 2.10. The second-order valence-electron chi connectivity index (χ2n) is 8.26. The third kappa shape index (κ3) is 4.56. The van der Waals surface area contributed by atoms with Gasteiger partial charge in [0, 0.05) is 10.8 Å². The van der Waals surface area contributed by atoms with Crippen molar-refractivity contribution in [2.45, 2.75) is 45.2 Å². The summed E-state index contributed by atoms with van der Waals surface area (Å²) in [7, 11) is 0. The molecule has 4 rings (SSSR count). The van der Waals surface area contributed by atoms with Gasteiger partial charge in [0.25, 0.3) is 0 Å². The minimum atomic E-state index is -4.80. The molecule has 0 nitrogen and oxygen atoms in total. The number of alkyl halides is 3. The van der Waals surface area contributed by atoms with Crippen LogP contribution in [-0.2, 0) is 12.6 Å². The van der Waals surface area contributed by atoms with Crippen LogP contribution in [0.2, 0.25) is 0 Å². The van der Waals surface area contributed by atoms with Crippen LogP contribution in [-0.4, -0.2) is 0 Å². The van der Waals surface area contributed by atoms with Crippen molar-refractivity contribution in [3.63, 3.8) is 0 Å². The number of rotatable bonds is 6. The second kappa shape index (κ2) is 9.08. The predicted octanol–water partition coefficient (Wildman–Crippen LogP) is 9.22. The Kier molecular flexibility index (Phi) is 6.37. The Morgan fingerprint density at radius 1 is 0.636 bits per heavy atom. The fraction of sp³-hybridized carbons (Fsp3) is 0.259. The molecule has 0 N–H and O–H groups in total. The fourth-order valence-corrected chi connectivity index (χ4v) is 4.23. The van der Waals surface area contributed by atoms with Crippen LogP contribution in [0.5, 0.6) is 0 Å². The molecule has 4 aromatic rings. The summed E-state index contributed by atoms with van der Waals surface area (Å²) in [5.41, 5.74) is -0.253. The molecular weight excluding hydrogens is 438 g/mol. The van der Waals surface area contributed by atoms with Crippen LogP contribution in [0, 0.1) is 17.5 Å². The van der Waals surface area contributed by atoms with Gasteiger partial charge in [-0.3, -0.25) is 0 Å². The molecule has 33 heavy (non-hydrogen) atoms. The molecule has 0 fully saturated rings. The standard InChI is InChI=1S/C27H22F6/c1-2-3-4-5-6-16-7-10-20-19-11-8-17(13-21(19)24(28)15-22(20)26(16)30)18-9-12-23(25(29)14-18)27(31,32)33/h7-15H,2-6H2,1H3. The summed E-state index contributed by atoms with van der Waals surface area (Å²) < 4.78 is 82.6. The molecule has 0 saturated heterocycles. The van der Waals surface area contributed by atoms with Gasteiger partial charge in [-0.25, -0.2) is 13.2 Å². The summed E-state index contributed by atoms with van der Waals surface area (Å²) in [6, 6.07) is 11.9. The Labute approximate surface area is 187 Å². The number of hydrogen-bond acceptors (Lipinski definition) is 0. The SMILES string of the molecule is CCCCCCc1ccc2c(cc(F)c3cc(-c4ccc(C(F)(F)F)c(F)c4)ccc32)c1F. The van der Waals surface area contributed by atoms with Gasteiger partial charge in [0.1, 0.15) is 17.5 Å². The van der Waals surface area contributed by atoms with Gasteiger partial charge in [0.2, 0.25) is 0 Å². The molecule has 6 heteroatoms. The van der Waals surface area contributed by atoms with E-state index in [0.29, 0.717) is 34.4 Å². The van der Waals surface area contributed by atoms with E-state index in [1.807, 2.05) is 0 Å². The highest BCUT2D eigenvalue weighted by atomic mass is 19.4. The van der Waals surface area contributed by atoms with Crippen molar-refractivity contribution in [1.29, 1.82) is 0 Å². The van der Waals surface area contributed by atoms with Crippen molar-refractivity contribution in [3.8, 4) is 11.1 Å². The molecule has 0 radical (unpaired) electrons. The zero-order valence-electron chi connectivity index (χ0n) is 18.0. The predicted molar refractivity (Wildman–Crippen MR) is 120 cm³/mol. The molecular formula is C27H22F6. The maximum absolute atomic E-state index is 15.1. The second-order valence-corrected chi connectivity index (χ2v) is 8.26. The van der Waals surface area contributed by atoms with E-state index in [1.54, 1.807) is 24.3 Å². The number of halogens is 6. The molecule has 0 bridgehead atoms. The molecule has 0 spiro atoms. The quantitative estimate of drug-likeness (QED) is 0.153. The fourth-order valence-electron chi connectivity index (χ4n) is 4.23. The summed E-state index contributed by atoms with van der Waals surface area (Å²) in [5.74, 6) is -2.47. The number of unbranched alkanes of at least 4 members (excludes halogenated alkanes) is 3. The van der Waals surface area contributed by atoms with Crippen molar-refractivity contribution < 1.29 is 26.3 Å². The van der Waals surface area contributed by atoms with E-state index in [-0.39, 0.29) is 16.3 Å². The topological polar surface area (TPSA) is 0 Å².